The third-order valence-corrected chi connectivity index (χ3v) is 2.92. The molecule has 1 amide bonds. The summed E-state index contributed by atoms with van der Waals surface area (Å²) in [5.74, 6) is -0.824. The molecule has 2 aromatic rings. The van der Waals surface area contributed by atoms with Crippen molar-refractivity contribution in [1.82, 2.24) is 0 Å². The Bertz CT molecular complexity index is 705. The molecular formula is C16H15F3N2O3. The number of carbonyl (C=O) groups is 1. The number of ether oxygens (including phenoxy) is 1. The summed E-state index contributed by atoms with van der Waals surface area (Å²) in [6.07, 6.45) is -4.73. The molecule has 0 aliphatic carbocycles. The van der Waals surface area contributed by atoms with Gasteiger partial charge in [-0.3, -0.25) is 4.79 Å². The van der Waals surface area contributed by atoms with Crippen molar-refractivity contribution in [3.05, 3.63) is 54.1 Å². The lowest BCUT2D eigenvalue weighted by molar-refractivity contribution is -0.274. The van der Waals surface area contributed by atoms with Crippen LogP contribution in [0.15, 0.2) is 48.5 Å². The Balaban J connectivity index is 1.99. The van der Waals surface area contributed by atoms with Crippen LogP contribution < -0.4 is 15.4 Å². The van der Waals surface area contributed by atoms with Gasteiger partial charge in [-0.25, -0.2) is 0 Å². The molecule has 2 aromatic carbocycles. The zero-order valence-corrected chi connectivity index (χ0v) is 12.4. The van der Waals surface area contributed by atoms with E-state index >= 15 is 0 Å². The number of halogens is 3. The number of aliphatic hydroxyl groups is 1. The van der Waals surface area contributed by atoms with Crippen LogP contribution in [0.4, 0.5) is 24.5 Å². The molecule has 0 radical (unpaired) electrons. The maximum absolute atomic E-state index is 12.2. The van der Waals surface area contributed by atoms with Gasteiger partial charge >= 0.3 is 6.36 Å². The number of carbonyl (C=O) groups excluding carboxylic acids is 1. The first-order valence-electron chi connectivity index (χ1n) is 6.95. The van der Waals surface area contributed by atoms with Gasteiger partial charge in [0, 0.05) is 17.9 Å². The summed E-state index contributed by atoms with van der Waals surface area (Å²) in [7, 11) is 0. The molecule has 0 heterocycles. The second-order valence-corrected chi connectivity index (χ2v) is 4.84. The van der Waals surface area contributed by atoms with Crippen LogP contribution >= 0.6 is 0 Å². The van der Waals surface area contributed by atoms with E-state index in [1.807, 2.05) is 0 Å². The molecule has 0 aliphatic heterocycles. The molecule has 5 nitrogen and oxygen atoms in total. The highest BCUT2D eigenvalue weighted by molar-refractivity contribution is 5.91. The van der Waals surface area contributed by atoms with E-state index < -0.39 is 18.9 Å². The number of benzene rings is 2. The van der Waals surface area contributed by atoms with Crippen molar-refractivity contribution >= 4 is 17.3 Å². The van der Waals surface area contributed by atoms with E-state index in [4.69, 9.17) is 5.11 Å². The van der Waals surface area contributed by atoms with Crippen LogP contribution in [0.2, 0.25) is 0 Å². The van der Waals surface area contributed by atoms with E-state index in [1.54, 1.807) is 30.3 Å². The number of nitrogens with one attached hydrogen (secondary N) is 2. The Morgan fingerprint density at radius 1 is 1.08 bits per heavy atom. The molecule has 24 heavy (non-hydrogen) atoms. The van der Waals surface area contributed by atoms with E-state index in [2.05, 4.69) is 15.4 Å². The van der Waals surface area contributed by atoms with E-state index in [1.165, 1.54) is 18.2 Å². The summed E-state index contributed by atoms with van der Waals surface area (Å²) < 4.78 is 40.5. The summed E-state index contributed by atoms with van der Waals surface area (Å²) >= 11 is 0. The van der Waals surface area contributed by atoms with Gasteiger partial charge in [0.05, 0.1) is 0 Å². The lowest BCUT2D eigenvalue weighted by Crippen LogP contribution is -2.17. The van der Waals surface area contributed by atoms with Crippen LogP contribution in [0.1, 0.15) is 5.56 Å². The van der Waals surface area contributed by atoms with Crippen LogP contribution in [0.5, 0.6) is 5.75 Å². The van der Waals surface area contributed by atoms with Crippen molar-refractivity contribution in [2.24, 2.45) is 0 Å². The van der Waals surface area contributed by atoms with Crippen molar-refractivity contribution in [3.63, 3.8) is 0 Å². The highest BCUT2D eigenvalue weighted by Gasteiger charge is 2.31. The Morgan fingerprint density at radius 2 is 1.79 bits per heavy atom. The monoisotopic (exact) mass is 340 g/mol. The first-order chi connectivity index (χ1) is 11.4. The lowest BCUT2D eigenvalue weighted by atomic mass is 10.2. The zero-order valence-electron chi connectivity index (χ0n) is 12.4. The van der Waals surface area contributed by atoms with E-state index in [0.717, 1.165) is 0 Å². The summed E-state index contributed by atoms with van der Waals surface area (Å²) in [6.45, 7) is -0.351. The number of alkyl halides is 3. The second-order valence-electron chi connectivity index (χ2n) is 4.84. The van der Waals surface area contributed by atoms with Crippen molar-refractivity contribution in [2.45, 2.75) is 12.9 Å². The minimum Gasteiger partial charge on any atom is -0.406 e. The minimum absolute atomic E-state index is 0.270. The molecule has 3 N–H and O–H groups in total. The van der Waals surface area contributed by atoms with Gasteiger partial charge in [0.25, 0.3) is 0 Å². The van der Waals surface area contributed by atoms with Crippen molar-refractivity contribution < 1.29 is 27.8 Å². The maximum Gasteiger partial charge on any atom is 0.573 e. The smallest absolute Gasteiger partial charge is 0.406 e. The molecule has 0 spiro atoms. The first-order valence-corrected chi connectivity index (χ1v) is 6.95. The lowest BCUT2D eigenvalue weighted by Gasteiger charge is -2.12. The molecule has 0 saturated carbocycles. The van der Waals surface area contributed by atoms with Gasteiger partial charge < -0.3 is 20.5 Å². The van der Waals surface area contributed by atoms with Gasteiger partial charge in [-0.2, -0.15) is 0 Å². The normalized spacial score (nSPS) is 11.0. The Kier molecular flexibility index (Phi) is 5.64. The predicted molar refractivity (Wildman–Crippen MR) is 82.6 cm³/mol. The molecular weight excluding hydrogens is 325 g/mol. The predicted octanol–water partition coefficient (Wildman–Crippen LogP) is 3.13. The van der Waals surface area contributed by atoms with Gasteiger partial charge in [-0.15, -0.1) is 13.2 Å². The molecule has 0 saturated heterocycles. The van der Waals surface area contributed by atoms with E-state index in [0.29, 0.717) is 16.9 Å². The molecule has 2 rings (SSSR count). The Labute approximate surface area is 136 Å². The van der Waals surface area contributed by atoms with Gasteiger partial charge in [-0.1, -0.05) is 18.2 Å². The zero-order chi connectivity index (χ0) is 17.6. The molecule has 0 atom stereocenters. The fraction of sp³-hybridized carbons (Fsp3) is 0.188. The second kappa shape index (κ2) is 7.69. The Morgan fingerprint density at radius 3 is 2.50 bits per heavy atom. The number of amides is 1. The third-order valence-electron chi connectivity index (χ3n) is 2.92. The van der Waals surface area contributed by atoms with E-state index in [-0.39, 0.29) is 12.3 Å². The molecule has 0 aromatic heterocycles. The molecule has 8 heteroatoms. The summed E-state index contributed by atoms with van der Waals surface area (Å²) in [6, 6.07) is 12.4. The minimum atomic E-state index is -4.73. The SMILES string of the molecule is O=C(CO)Nc1cccc(NCc2cccc(OC(F)(F)F)c2)c1. The van der Waals surface area contributed by atoms with Crippen LogP contribution in [-0.4, -0.2) is 24.0 Å². The van der Waals surface area contributed by atoms with Crippen molar-refractivity contribution in [1.29, 1.82) is 0 Å². The summed E-state index contributed by atoms with van der Waals surface area (Å²) in [5, 5.41) is 14.2. The quantitative estimate of drug-likeness (QED) is 0.756. The van der Waals surface area contributed by atoms with Crippen molar-refractivity contribution in [3.8, 4) is 5.75 Å². The fourth-order valence-electron chi connectivity index (χ4n) is 1.96. The maximum atomic E-state index is 12.2. The van der Waals surface area contributed by atoms with Crippen LogP contribution in [-0.2, 0) is 11.3 Å². The Hall–Kier alpha value is -2.74. The molecule has 0 fully saturated rings. The fourth-order valence-corrected chi connectivity index (χ4v) is 1.96. The van der Waals surface area contributed by atoms with Crippen LogP contribution in [0, 0.1) is 0 Å². The van der Waals surface area contributed by atoms with Gasteiger partial charge in [0.2, 0.25) is 5.91 Å². The first kappa shape index (κ1) is 17.6. The van der Waals surface area contributed by atoms with E-state index in [9.17, 15) is 18.0 Å². The highest BCUT2D eigenvalue weighted by atomic mass is 19.4. The highest BCUT2D eigenvalue weighted by Crippen LogP contribution is 2.24. The molecule has 128 valence electrons. The van der Waals surface area contributed by atoms with Gasteiger partial charge in [0.15, 0.2) is 0 Å². The molecule has 0 unspecified atom stereocenters. The van der Waals surface area contributed by atoms with Crippen molar-refractivity contribution in [2.75, 3.05) is 17.2 Å². The molecule has 0 aliphatic rings. The van der Waals surface area contributed by atoms with Crippen LogP contribution in [0.25, 0.3) is 0 Å². The third kappa shape index (κ3) is 5.81. The van der Waals surface area contributed by atoms with Crippen LogP contribution in [0.3, 0.4) is 0 Å². The number of anilines is 2. The number of hydrogen-bond donors (Lipinski definition) is 3. The standard InChI is InChI=1S/C16H15F3N2O3/c17-16(18,19)24-14-6-1-3-11(7-14)9-20-12-4-2-5-13(8-12)21-15(23)10-22/h1-8,20,22H,9-10H2,(H,21,23). The van der Waals surface area contributed by atoms with Gasteiger partial charge in [0.1, 0.15) is 12.4 Å². The average molecular weight is 340 g/mol. The number of aliphatic hydroxyl groups excluding tert-OH is 1. The average Bonchev–Trinajstić information content (AvgIpc) is 2.52. The summed E-state index contributed by atoms with van der Waals surface area (Å²) in [5.41, 5.74) is 1.75. The summed E-state index contributed by atoms with van der Waals surface area (Å²) in [4.78, 5) is 11.1. The topological polar surface area (TPSA) is 70.6 Å². The number of hydrogen-bond acceptors (Lipinski definition) is 4. The molecule has 0 bridgehead atoms. The van der Waals surface area contributed by atoms with Gasteiger partial charge in [-0.05, 0) is 35.9 Å². The number of rotatable bonds is 6. The largest absolute Gasteiger partial charge is 0.573 e.